The predicted octanol–water partition coefficient (Wildman–Crippen LogP) is 3.43. The summed E-state index contributed by atoms with van der Waals surface area (Å²) in [7, 11) is 0. The molecule has 0 saturated heterocycles. The van der Waals surface area contributed by atoms with Crippen molar-refractivity contribution in [3.8, 4) is 0 Å². The van der Waals surface area contributed by atoms with Gasteiger partial charge in [-0.3, -0.25) is 0 Å². The highest BCUT2D eigenvalue weighted by Crippen LogP contribution is 2.37. The van der Waals surface area contributed by atoms with Crippen LogP contribution in [-0.2, 0) is 12.8 Å². The highest BCUT2D eigenvalue weighted by Gasteiger charge is 2.34. The van der Waals surface area contributed by atoms with E-state index in [2.05, 4.69) is 0 Å². The molecular weight excluding hydrogens is 243 g/mol. The molecule has 0 saturated carbocycles. The van der Waals surface area contributed by atoms with E-state index in [-0.39, 0.29) is 17.9 Å². The topological polar surface area (TPSA) is 23.5 Å². The van der Waals surface area contributed by atoms with Crippen LogP contribution in [0.2, 0.25) is 0 Å². The van der Waals surface area contributed by atoms with Gasteiger partial charge in [0.1, 0.15) is 0 Å². The van der Waals surface area contributed by atoms with Gasteiger partial charge in [-0.1, -0.05) is 13.0 Å². The van der Waals surface area contributed by atoms with Crippen LogP contribution in [0.3, 0.4) is 0 Å². The zero-order chi connectivity index (χ0) is 13.8. The van der Waals surface area contributed by atoms with E-state index < -0.39 is 11.7 Å². The van der Waals surface area contributed by atoms with E-state index >= 15 is 0 Å². The van der Waals surface area contributed by atoms with Crippen LogP contribution in [0.15, 0.2) is 18.2 Å². The zero-order valence-electron chi connectivity index (χ0n) is 10.6. The van der Waals surface area contributed by atoms with Gasteiger partial charge in [0.05, 0.1) is 12.2 Å². The number of aliphatic hydroxyl groups is 1. The molecule has 1 rings (SSSR count). The minimum atomic E-state index is -4.40. The molecule has 0 unspecified atom stereocenters. The van der Waals surface area contributed by atoms with Crippen LogP contribution in [0, 0.1) is 0 Å². The van der Waals surface area contributed by atoms with E-state index in [1.165, 1.54) is 12.1 Å². The number of anilines is 1. The molecule has 0 aliphatic heterocycles. The Hall–Kier alpha value is -1.23. The third kappa shape index (κ3) is 3.38. The summed E-state index contributed by atoms with van der Waals surface area (Å²) in [6, 6.07) is 3.99. The Morgan fingerprint density at radius 2 is 1.89 bits per heavy atom. The van der Waals surface area contributed by atoms with E-state index in [9.17, 15) is 13.2 Å². The fraction of sp³-hybridized carbons (Fsp3) is 0.538. The summed E-state index contributed by atoms with van der Waals surface area (Å²) in [6.07, 6.45) is -3.62. The lowest BCUT2D eigenvalue weighted by molar-refractivity contribution is -0.137. The van der Waals surface area contributed by atoms with Gasteiger partial charge in [0.2, 0.25) is 0 Å². The smallest absolute Gasteiger partial charge is 0.392 e. The van der Waals surface area contributed by atoms with E-state index in [4.69, 9.17) is 5.11 Å². The summed E-state index contributed by atoms with van der Waals surface area (Å²) in [5.41, 5.74) is -0.216. The van der Waals surface area contributed by atoms with Crippen molar-refractivity contribution >= 4 is 5.69 Å². The second-order valence-electron chi connectivity index (χ2n) is 4.09. The lowest BCUT2D eigenvalue weighted by Crippen LogP contribution is -2.26. The van der Waals surface area contributed by atoms with E-state index in [1.807, 2.05) is 13.8 Å². The average molecular weight is 261 g/mol. The molecule has 0 aromatic heterocycles. The third-order valence-electron chi connectivity index (χ3n) is 2.76. The lowest BCUT2D eigenvalue weighted by Gasteiger charge is -2.26. The lowest BCUT2D eigenvalue weighted by atomic mass is 10.1. The molecule has 2 nitrogen and oxygen atoms in total. The van der Waals surface area contributed by atoms with Gasteiger partial charge < -0.3 is 10.0 Å². The van der Waals surface area contributed by atoms with Crippen molar-refractivity contribution in [2.45, 2.75) is 33.1 Å². The van der Waals surface area contributed by atoms with Crippen molar-refractivity contribution in [1.82, 2.24) is 0 Å². The predicted molar refractivity (Wildman–Crippen MR) is 65.5 cm³/mol. The number of hydrogen-bond donors (Lipinski definition) is 1. The van der Waals surface area contributed by atoms with Crippen molar-refractivity contribution in [2.75, 3.05) is 18.0 Å². The molecule has 1 aromatic carbocycles. The Bertz CT molecular complexity index is 390. The number of hydrogen-bond acceptors (Lipinski definition) is 2. The molecule has 1 N–H and O–H groups in total. The Kier molecular flexibility index (Phi) is 5.02. The maximum Gasteiger partial charge on any atom is 0.418 e. The van der Waals surface area contributed by atoms with Crippen LogP contribution >= 0.6 is 0 Å². The number of halogens is 3. The van der Waals surface area contributed by atoms with Crippen molar-refractivity contribution in [3.05, 3.63) is 29.3 Å². The van der Waals surface area contributed by atoms with Gasteiger partial charge in [-0.05, 0) is 31.0 Å². The molecule has 1 aromatic rings. The first-order valence-corrected chi connectivity index (χ1v) is 6.00. The van der Waals surface area contributed by atoms with Gasteiger partial charge in [-0.15, -0.1) is 0 Å². The summed E-state index contributed by atoms with van der Waals surface area (Å²) in [5, 5.41) is 8.94. The van der Waals surface area contributed by atoms with E-state index in [0.717, 1.165) is 12.5 Å². The molecule has 0 atom stereocenters. The quantitative estimate of drug-likeness (QED) is 0.877. The summed E-state index contributed by atoms with van der Waals surface area (Å²) < 4.78 is 39.0. The summed E-state index contributed by atoms with van der Waals surface area (Å²) in [4.78, 5) is 1.70. The molecule has 5 heteroatoms. The van der Waals surface area contributed by atoms with Crippen molar-refractivity contribution < 1.29 is 18.3 Å². The van der Waals surface area contributed by atoms with Gasteiger partial charge in [-0.25, -0.2) is 0 Å². The maximum atomic E-state index is 13.0. The van der Waals surface area contributed by atoms with Crippen LogP contribution in [0.4, 0.5) is 18.9 Å². The Morgan fingerprint density at radius 1 is 1.22 bits per heavy atom. The summed E-state index contributed by atoms with van der Waals surface area (Å²) in [5.74, 6) is 0. The number of nitrogens with zero attached hydrogens (tertiary/aromatic N) is 1. The first-order chi connectivity index (χ1) is 8.43. The minimum Gasteiger partial charge on any atom is -0.392 e. The van der Waals surface area contributed by atoms with Crippen molar-refractivity contribution in [1.29, 1.82) is 0 Å². The first kappa shape index (κ1) is 14.8. The second kappa shape index (κ2) is 6.09. The Labute approximate surface area is 105 Å². The van der Waals surface area contributed by atoms with Crippen LogP contribution < -0.4 is 4.90 Å². The number of rotatable bonds is 5. The van der Waals surface area contributed by atoms with Crippen LogP contribution in [0.1, 0.15) is 31.4 Å². The molecule has 0 heterocycles. The Morgan fingerprint density at radius 3 is 2.33 bits per heavy atom. The largest absolute Gasteiger partial charge is 0.418 e. The highest BCUT2D eigenvalue weighted by molar-refractivity contribution is 5.56. The molecular formula is C13H18F3NO. The van der Waals surface area contributed by atoms with Gasteiger partial charge in [0.15, 0.2) is 0 Å². The molecule has 0 amide bonds. The molecule has 102 valence electrons. The minimum absolute atomic E-state index is 0.184. The fourth-order valence-electron chi connectivity index (χ4n) is 1.90. The third-order valence-corrected chi connectivity index (χ3v) is 2.76. The molecule has 0 spiro atoms. The molecule has 0 aliphatic rings. The number of alkyl halides is 3. The molecule has 0 aliphatic carbocycles. The summed E-state index contributed by atoms with van der Waals surface area (Å²) >= 11 is 0. The van der Waals surface area contributed by atoms with E-state index in [1.54, 1.807) is 4.90 Å². The number of benzene rings is 1. The monoisotopic (exact) mass is 261 g/mol. The summed E-state index contributed by atoms with van der Waals surface area (Å²) in [6.45, 7) is 4.48. The van der Waals surface area contributed by atoms with Gasteiger partial charge in [0.25, 0.3) is 0 Å². The van der Waals surface area contributed by atoms with Crippen LogP contribution in [0.5, 0.6) is 0 Å². The fourth-order valence-corrected chi connectivity index (χ4v) is 1.90. The van der Waals surface area contributed by atoms with Crippen LogP contribution in [-0.4, -0.2) is 18.2 Å². The first-order valence-electron chi connectivity index (χ1n) is 6.00. The van der Waals surface area contributed by atoms with Crippen LogP contribution in [0.25, 0.3) is 0 Å². The van der Waals surface area contributed by atoms with E-state index in [0.29, 0.717) is 13.1 Å². The normalized spacial score (nSPS) is 11.7. The standard InChI is InChI=1S/C13H18F3NO/c1-3-7-17(4-2)12-6-5-10(9-18)8-11(12)13(14,15)16/h5-6,8,18H,3-4,7,9H2,1-2H3. The van der Waals surface area contributed by atoms with Crippen molar-refractivity contribution in [2.24, 2.45) is 0 Å². The zero-order valence-corrected chi connectivity index (χ0v) is 10.6. The molecule has 0 bridgehead atoms. The maximum absolute atomic E-state index is 13.0. The molecule has 18 heavy (non-hydrogen) atoms. The molecule has 0 radical (unpaired) electrons. The Balaban J connectivity index is 3.25. The second-order valence-corrected chi connectivity index (χ2v) is 4.09. The van der Waals surface area contributed by atoms with Gasteiger partial charge in [0, 0.05) is 18.8 Å². The van der Waals surface area contributed by atoms with Crippen molar-refractivity contribution in [3.63, 3.8) is 0 Å². The van der Waals surface area contributed by atoms with Gasteiger partial charge in [-0.2, -0.15) is 13.2 Å². The average Bonchev–Trinajstić information content (AvgIpc) is 2.34. The SMILES string of the molecule is CCCN(CC)c1ccc(CO)cc1C(F)(F)F. The van der Waals surface area contributed by atoms with Gasteiger partial charge >= 0.3 is 6.18 Å². The highest BCUT2D eigenvalue weighted by atomic mass is 19.4. The number of aliphatic hydroxyl groups excluding tert-OH is 1. The molecule has 0 fully saturated rings.